The van der Waals surface area contributed by atoms with Crippen molar-refractivity contribution in [2.45, 2.75) is 64.3 Å². The Morgan fingerprint density at radius 3 is 1.94 bits per heavy atom. The van der Waals surface area contributed by atoms with Crippen molar-refractivity contribution in [1.29, 1.82) is 0 Å². The van der Waals surface area contributed by atoms with Gasteiger partial charge in [-0.1, -0.05) is 44.5 Å². The second-order valence-corrected chi connectivity index (χ2v) is 9.33. The van der Waals surface area contributed by atoms with Gasteiger partial charge in [0.25, 0.3) is 0 Å². The molecule has 0 bridgehead atoms. The van der Waals surface area contributed by atoms with Gasteiger partial charge in [0.2, 0.25) is 5.91 Å². The van der Waals surface area contributed by atoms with Gasteiger partial charge in [-0.15, -0.1) is 0 Å². The average molecular weight is 443 g/mol. The molecule has 1 saturated heterocycles. The van der Waals surface area contributed by atoms with Crippen LogP contribution in [-0.4, -0.2) is 36.5 Å². The first kappa shape index (κ1) is 24.4. The molecule has 2 aromatic rings. The van der Waals surface area contributed by atoms with Gasteiger partial charge in [-0.25, -0.2) is 8.78 Å². The molecule has 32 heavy (non-hydrogen) atoms. The zero-order valence-corrected chi connectivity index (χ0v) is 19.3. The maximum atomic E-state index is 13.4. The number of piperidine rings is 1. The van der Waals surface area contributed by atoms with E-state index < -0.39 is 0 Å². The maximum absolute atomic E-state index is 13.4. The second kappa shape index (κ2) is 12.1. The Balaban J connectivity index is 1.60. The molecule has 3 rings (SSSR count). The highest BCUT2D eigenvalue weighted by atomic mass is 19.1. The minimum atomic E-state index is -0.271. The van der Waals surface area contributed by atoms with Crippen LogP contribution in [0.3, 0.4) is 0 Å². The summed E-state index contributed by atoms with van der Waals surface area (Å²) < 4.78 is 26.8. The minimum absolute atomic E-state index is 0.0293. The van der Waals surface area contributed by atoms with Crippen molar-refractivity contribution < 1.29 is 13.6 Å². The lowest BCUT2D eigenvalue weighted by molar-refractivity contribution is -0.127. The minimum Gasteiger partial charge on any atom is -0.355 e. The summed E-state index contributed by atoms with van der Waals surface area (Å²) in [5.74, 6) is 0.0805. The summed E-state index contributed by atoms with van der Waals surface area (Å²) in [5.41, 5.74) is 1.99. The third kappa shape index (κ3) is 7.13. The maximum Gasteiger partial charge on any atom is 0.237 e. The van der Waals surface area contributed by atoms with Gasteiger partial charge in [-0.05, 0) is 86.5 Å². The van der Waals surface area contributed by atoms with Crippen molar-refractivity contribution in [3.8, 4) is 0 Å². The molecule has 1 aliphatic rings. The van der Waals surface area contributed by atoms with Crippen LogP contribution in [0.4, 0.5) is 8.78 Å². The molecule has 0 spiro atoms. The molecular formula is C27H36F2N2O. The summed E-state index contributed by atoms with van der Waals surface area (Å²) in [6, 6.07) is 12.9. The molecular weight excluding hydrogens is 406 g/mol. The quantitative estimate of drug-likeness (QED) is 0.465. The number of amides is 1. The van der Waals surface area contributed by atoms with Gasteiger partial charge in [0.15, 0.2) is 0 Å². The van der Waals surface area contributed by atoms with E-state index >= 15 is 0 Å². The molecule has 0 saturated carbocycles. The fourth-order valence-electron chi connectivity index (χ4n) is 4.65. The second-order valence-electron chi connectivity index (χ2n) is 9.33. The van der Waals surface area contributed by atoms with E-state index in [4.69, 9.17) is 0 Å². The molecule has 5 heteroatoms. The van der Waals surface area contributed by atoms with E-state index in [-0.39, 0.29) is 29.5 Å². The van der Waals surface area contributed by atoms with Gasteiger partial charge in [0.05, 0.1) is 6.04 Å². The van der Waals surface area contributed by atoms with Crippen LogP contribution < -0.4 is 5.32 Å². The molecule has 1 heterocycles. The number of benzene rings is 2. The van der Waals surface area contributed by atoms with Crippen LogP contribution in [0, 0.1) is 17.6 Å². The summed E-state index contributed by atoms with van der Waals surface area (Å²) in [7, 11) is 0. The monoisotopic (exact) mass is 442 g/mol. The van der Waals surface area contributed by atoms with Crippen molar-refractivity contribution in [1.82, 2.24) is 10.2 Å². The van der Waals surface area contributed by atoms with Crippen molar-refractivity contribution >= 4 is 5.91 Å². The van der Waals surface area contributed by atoms with Gasteiger partial charge in [0.1, 0.15) is 11.6 Å². The molecule has 1 atom stereocenters. The van der Waals surface area contributed by atoms with E-state index in [2.05, 4.69) is 24.1 Å². The SMILES string of the molecule is CC(C)CC(C(=O)NCCCC(c1ccc(F)cc1)c1ccc(F)cc1)N1CCCCC1. The van der Waals surface area contributed by atoms with Crippen LogP contribution in [-0.2, 0) is 4.79 Å². The molecule has 0 radical (unpaired) electrons. The normalized spacial score (nSPS) is 15.8. The highest BCUT2D eigenvalue weighted by Crippen LogP contribution is 2.29. The summed E-state index contributed by atoms with van der Waals surface area (Å²) in [5, 5.41) is 3.16. The lowest BCUT2D eigenvalue weighted by atomic mass is 9.87. The first-order valence-electron chi connectivity index (χ1n) is 12.0. The van der Waals surface area contributed by atoms with E-state index in [1.54, 1.807) is 24.3 Å². The number of likely N-dealkylation sites (tertiary alicyclic amines) is 1. The first-order chi connectivity index (χ1) is 15.4. The number of carbonyl (C=O) groups is 1. The van der Waals surface area contributed by atoms with E-state index in [1.165, 1.54) is 43.5 Å². The molecule has 174 valence electrons. The van der Waals surface area contributed by atoms with E-state index in [0.29, 0.717) is 12.5 Å². The van der Waals surface area contributed by atoms with Gasteiger partial charge >= 0.3 is 0 Å². The predicted molar refractivity (Wildman–Crippen MR) is 126 cm³/mol. The van der Waals surface area contributed by atoms with Crippen molar-refractivity contribution in [3.05, 3.63) is 71.3 Å². The number of hydrogen-bond acceptors (Lipinski definition) is 2. The number of rotatable bonds is 10. The van der Waals surface area contributed by atoms with Gasteiger partial charge in [0, 0.05) is 12.5 Å². The predicted octanol–water partition coefficient (Wildman–Crippen LogP) is 5.89. The summed E-state index contributed by atoms with van der Waals surface area (Å²) in [6.45, 7) is 6.94. The number of nitrogens with one attached hydrogen (secondary N) is 1. The van der Waals surface area contributed by atoms with Gasteiger partial charge in [-0.2, -0.15) is 0 Å². The Labute approximate surface area is 191 Å². The smallest absolute Gasteiger partial charge is 0.237 e. The molecule has 2 aromatic carbocycles. The lowest BCUT2D eigenvalue weighted by Gasteiger charge is -2.34. The first-order valence-corrected chi connectivity index (χ1v) is 12.0. The fourth-order valence-corrected chi connectivity index (χ4v) is 4.65. The highest BCUT2D eigenvalue weighted by molar-refractivity contribution is 5.81. The third-order valence-electron chi connectivity index (χ3n) is 6.34. The van der Waals surface area contributed by atoms with Crippen LogP contribution in [0.5, 0.6) is 0 Å². The topological polar surface area (TPSA) is 32.3 Å². The number of carbonyl (C=O) groups excluding carboxylic acids is 1. The zero-order chi connectivity index (χ0) is 22.9. The summed E-state index contributed by atoms with van der Waals surface area (Å²) in [6.07, 6.45) is 6.04. The highest BCUT2D eigenvalue weighted by Gasteiger charge is 2.27. The molecule has 0 aromatic heterocycles. The summed E-state index contributed by atoms with van der Waals surface area (Å²) >= 11 is 0. The van der Waals surface area contributed by atoms with E-state index in [1.807, 2.05) is 0 Å². The molecule has 1 unspecified atom stereocenters. The Morgan fingerprint density at radius 2 is 1.44 bits per heavy atom. The summed E-state index contributed by atoms with van der Waals surface area (Å²) in [4.78, 5) is 15.3. The van der Waals surface area contributed by atoms with Crippen LogP contribution >= 0.6 is 0 Å². The Hall–Kier alpha value is -2.27. The number of nitrogens with zero attached hydrogens (tertiary/aromatic N) is 1. The Morgan fingerprint density at radius 1 is 0.906 bits per heavy atom. The standard InChI is InChI=1S/C27H36F2N2O/c1-20(2)19-26(31-17-4-3-5-18-31)27(32)30-16-6-7-25(21-8-12-23(28)13-9-21)22-10-14-24(29)15-11-22/h8-15,20,25-26H,3-7,16-19H2,1-2H3,(H,30,32). The molecule has 1 aliphatic heterocycles. The van der Waals surface area contributed by atoms with Crippen molar-refractivity contribution in [2.24, 2.45) is 5.92 Å². The molecule has 1 amide bonds. The Bertz CT molecular complexity index is 784. The number of hydrogen-bond donors (Lipinski definition) is 1. The molecule has 1 N–H and O–H groups in total. The van der Waals surface area contributed by atoms with Crippen LogP contribution in [0.1, 0.15) is 69.4 Å². The van der Waals surface area contributed by atoms with E-state index in [9.17, 15) is 13.6 Å². The molecule has 1 fully saturated rings. The largest absolute Gasteiger partial charge is 0.355 e. The third-order valence-corrected chi connectivity index (χ3v) is 6.34. The van der Waals surface area contributed by atoms with Crippen LogP contribution in [0.25, 0.3) is 0 Å². The van der Waals surface area contributed by atoms with Crippen molar-refractivity contribution in [2.75, 3.05) is 19.6 Å². The van der Waals surface area contributed by atoms with Gasteiger partial charge < -0.3 is 5.32 Å². The van der Waals surface area contributed by atoms with E-state index in [0.717, 1.165) is 43.5 Å². The number of halogens is 2. The van der Waals surface area contributed by atoms with Gasteiger partial charge in [-0.3, -0.25) is 9.69 Å². The fraction of sp³-hybridized carbons (Fsp3) is 0.519. The Kier molecular flexibility index (Phi) is 9.22. The van der Waals surface area contributed by atoms with Crippen LogP contribution in [0.15, 0.2) is 48.5 Å². The zero-order valence-electron chi connectivity index (χ0n) is 19.3. The average Bonchev–Trinajstić information content (AvgIpc) is 2.79. The van der Waals surface area contributed by atoms with Crippen LogP contribution in [0.2, 0.25) is 0 Å². The molecule has 0 aliphatic carbocycles. The molecule has 3 nitrogen and oxygen atoms in total. The van der Waals surface area contributed by atoms with Crippen molar-refractivity contribution in [3.63, 3.8) is 0 Å². The lowest BCUT2D eigenvalue weighted by Crippen LogP contribution is -2.49.